The number of unbranched alkanes of at least 4 members (excludes halogenated alkanes) is 1. The summed E-state index contributed by atoms with van der Waals surface area (Å²) in [7, 11) is -4.83. The maximum absolute atomic E-state index is 16.6. The Morgan fingerprint density at radius 2 is 1.30 bits per heavy atom. The van der Waals surface area contributed by atoms with E-state index in [4.69, 9.17) is 52.6 Å². The maximum Gasteiger partial charge on any atom is 0.264 e. The van der Waals surface area contributed by atoms with Crippen LogP contribution in [0.2, 0.25) is 10.0 Å². The molecule has 6 aromatic rings. The van der Waals surface area contributed by atoms with Crippen molar-refractivity contribution >= 4 is 80.1 Å². The number of nitrogens with one attached hydrogen (secondary N) is 5. The summed E-state index contributed by atoms with van der Waals surface area (Å²) >= 11 is 14.3. The van der Waals surface area contributed by atoms with Crippen molar-refractivity contribution in [3.05, 3.63) is 141 Å². The van der Waals surface area contributed by atoms with E-state index < -0.39 is 213 Å². The number of carbonyl (C=O) groups excluding carboxylic acids is 8. The molecular weight excluding hydrogens is 1550 g/mol. The molecule has 29 nitrogen and oxygen atoms in total. The van der Waals surface area contributed by atoms with Crippen LogP contribution in [0.25, 0.3) is 11.1 Å². The van der Waals surface area contributed by atoms with Gasteiger partial charge in [-0.3, -0.25) is 38.4 Å². The van der Waals surface area contributed by atoms with Crippen LogP contribution in [0.3, 0.4) is 0 Å². The third-order valence-electron chi connectivity index (χ3n) is 23.4. The molecule has 10 aliphatic rings. The van der Waals surface area contributed by atoms with Crippen LogP contribution >= 0.6 is 23.2 Å². The van der Waals surface area contributed by atoms with Crippen LogP contribution in [-0.4, -0.2) is 152 Å². The largest absolute Gasteiger partial charge is 0.508 e. The Bertz CT molecular complexity index is 4850. The number of fused-ring (bicyclic) bond motifs is 15. The van der Waals surface area contributed by atoms with E-state index in [1.807, 2.05) is 25.5 Å². The number of halogens is 2. The molecule has 5 fully saturated rings. The van der Waals surface area contributed by atoms with E-state index in [1.54, 1.807) is 6.92 Å². The molecule has 6 aliphatic heterocycles. The number of benzene rings is 6. The van der Waals surface area contributed by atoms with Gasteiger partial charge < -0.3 is 91.5 Å². The third-order valence-corrected chi connectivity index (χ3v) is 25.3. The lowest BCUT2D eigenvalue weighted by atomic mass is 9.51. The second kappa shape index (κ2) is 34.8. The van der Waals surface area contributed by atoms with Gasteiger partial charge in [-0.05, 0) is 194 Å². The first-order chi connectivity index (χ1) is 54.8. The van der Waals surface area contributed by atoms with E-state index in [1.165, 1.54) is 54.6 Å². The van der Waals surface area contributed by atoms with E-state index >= 15 is 28.8 Å². The molecule has 0 spiro atoms. The predicted octanol–water partition coefficient (Wildman–Crippen LogP) is 8.40. The summed E-state index contributed by atoms with van der Waals surface area (Å²) in [5.74, 6) is -16.3. The Labute approximate surface area is 672 Å². The first-order valence-corrected chi connectivity index (χ1v) is 41.0. The Morgan fingerprint density at radius 3 is 1.90 bits per heavy atom. The SMILES string of the molecule is CCCCOc1ccc(S(=O)(=O)NC(=O)C[C@@H]2CC(=O)[C@H](NC(=O)[C@H](CC)CC(C)C)[C@H](O)c3ccc(c(Cl)c3)Oc3cc4cc(c3O[C@@H]3O[C@H](CN)[C@@H](O)[C@H](O)[C@H]3O)Oc3ccc(cc3Cl)[C@@H](O)[C@@H]3NC(=O)[C@H](CC(=O)[C@@H]4NC2=O)c2ccc(O)c(c2)-c2c(O)cc(O)cc2[C@@H](C(=O)CC2C4CC5CC(C4)CC2C5)NC3=O)cc1. The molecule has 15 bridgehead atoms. The van der Waals surface area contributed by atoms with Crippen LogP contribution in [0.15, 0.2) is 108 Å². The minimum absolute atomic E-state index is 0.0552. The Balaban J connectivity index is 1.000. The summed E-state index contributed by atoms with van der Waals surface area (Å²) in [5, 5.41) is 105. The number of hydrogen-bond donors (Lipinski definition) is 14. The number of aromatic hydroxyl groups is 3. The summed E-state index contributed by atoms with van der Waals surface area (Å²) in [6.07, 6.45) is -10.2. The standard InChI is InChI=1S/C83H94Cl2N6O23S/c1-5-7-18-110-49-11-13-50(14-12-49)115(108,109)91-67(98)31-47-28-59(95)71(89-79(104)40(6-2)19-37(3)4)73(99)42-9-16-62(55(84)26-42)111-64-29-46-30-65(78(64)114-83-77(103)76(102)75(101)66(36-86)113-83)112-63-17-10-43(27-56(63)85)74(100)72-82(107)88-70(61(97)34-51-44-21-38-20-39(23-44)24-45(51)22-38)54-32-48(92)33-58(94)68(54)53-25-41(8-15-57(53)93)52(81(106)90-72)35-60(96)69(46)87-80(47)105/h8-17,25-27,29-30,32-33,37-40,44-45,47,51-52,66,69-77,83,92-94,99-103H,5-7,18-24,28,31,34-36,86H2,1-4H3,(H,87,105)(H,88,107)(H,89,104)(H,90,106)(H,91,98)/t38?,39?,40-,44?,45?,47+,51?,52-,66-,69-,70+,71+,72+,73-,74-,75-,76+,77-,83+/m1/s1. The van der Waals surface area contributed by atoms with Gasteiger partial charge in [-0.2, -0.15) is 0 Å². The summed E-state index contributed by atoms with van der Waals surface area (Å²) in [4.78, 5) is 124. The van der Waals surface area contributed by atoms with Crippen molar-refractivity contribution in [3.8, 4) is 62.9 Å². The minimum Gasteiger partial charge on any atom is -0.508 e. The molecule has 15 N–H and O–H groups in total. The molecule has 0 radical (unpaired) electrons. The highest BCUT2D eigenvalue weighted by Crippen LogP contribution is 2.58. The number of phenols is 3. The second-order valence-corrected chi connectivity index (χ2v) is 34.2. The fraction of sp³-hybridized carbons (Fsp3) is 0.470. The molecule has 0 aromatic heterocycles. The molecule has 6 aromatic carbocycles. The monoisotopic (exact) mass is 1640 g/mol. The van der Waals surface area contributed by atoms with Crippen molar-refractivity contribution < 1.29 is 111 Å². The normalized spacial score (nSPS) is 28.2. The lowest BCUT2D eigenvalue weighted by Gasteiger charge is -2.54. The predicted molar refractivity (Wildman–Crippen MR) is 414 cm³/mol. The van der Waals surface area contributed by atoms with Crippen LogP contribution in [0, 0.1) is 47.3 Å². The number of hydrogen-bond acceptors (Lipinski definition) is 24. The van der Waals surface area contributed by atoms with Gasteiger partial charge in [0.15, 0.2) is 28.8 Å². The van der Waals surface area contributed by atoms with Crippen molar-refractivity contribution in [1.82, 2.24) is 26.0 Å². The van der Waals surface area contributed by atoms with Gasteiger partial charge in [-0.15, -0.1) is 0 Å². The van der Waals surface area contributed by atoms with Crippen molar-refractivity contribution in [2.75, 3.05) is 13.2 Å². The molecule has 4 saturated carbocycles. The first kappa shape index (κ1) is 83.5. The van der Waals surface area contributed by atoms with E-state index in [9.17, 15) is 58.9 Å². The van der Waals surface area contributed by atoms with E-state index in [0.29, 0.717) is 37.0 Å². The summed E-state index contributed by atoms with van der Waals surface area (Å²) < 4.78 is 61.8. The highest BCUT2D eigenvalue weighted by Gasteiger charge is 2.51. The van der Waals surface area contributed by atoms with E-state index in [0.717, 1.165) is 87.1 Å². The van der Waals surface area contributed by atoms with E-state index in [2.05, 4.69) is 21.3 Å². The number of rotatable bonds is 19. The third kappa shape index (κ3) is 17.9. The zero-order valence-electron chi connectivity index (χ0n) is 63.4. The number of ketones is 3. The maximum atomic E-state index is 16.6. The van der Waals surface area contributed by atoms with Gasteiger partial charge in [0.2, 0.25) is 41.6 Å². The van der Waals surface area contributed by atoms with Crippen LogP contribution in [-0.2, 0) is 53.1 Å². The van der Waals surface area contributed by atoms with Crippen molar-refractivity contribution in [2.45, 2.75) is 189 Å². The van der Waals surface area contributed by atoms with Gasteiger partial charge in [-0.1, -0.05) is 75.5 Å². The van der Waals surface area contributed by atoms with Crippen LogP contribution < -0.4 is 50.7 Å². The fourth-order valence-electron chi connectivity index (χ4n) is 17.6. The first-order valence-electron chi connectivity index (χ1n) is 38.8. The number of aliphatic hydroxyl groups excluding tert-OH is 5. The molecule has 115 heavy (non-hydrogen) atoms. The van der Waals surface area contributed by atoms with Crippen molar-refractivity contribution in [2.24, 2.45) is 53.1 Å². The molecule has 1 saturated heterocycles. The number of nitrogens with two attached hydrogens (primary N) is 1. The number of phenolic OH excluding ortho intramolecular Hbond substituents is 3. The minimum atomic E-state index is -4.83. The highest BCUT2D eigenvalue weighted by atomic mass is 35.5. The highest BCUT2D eigenvalue weighted by molar-refractivity contribution is 7.90. The number of amides is 5. The van der Waals surface area contributed by atoms with Crippen LogP contribution in [0.4, 0.5) is 0 Å². The number of ether oxygens (including phenoxy) is 5. The van der Waals surface area contributed by atoms with Gasteiger partial charge in [-0.25, -0.2) is 13.1 Å². The molecule has 4 aliphatic carbocycles. The van der Waals surface area contributed by atoms with Gasteiger partial charge in [0.05, 0.1) is 33.4 Å². The summed E-state index contributed by atoms with van der Waals surface area (Å²) in [6.45, 7) is 7.28. The topological polar surface area (TPSA) is 465 Å². The Hall–Kier alpha value is -9.47. The lowest BCUT2D eigenvalue weighted by molar-refractivity contribution is -0.270. The lowest BCUT2D eigenvalue weighted by Crippen LogP contribution is -2.60. The molecule has 14 atom stereocenters. The van der Waals surface area contributed by atoms with Gasteiger partial charge >= 0.3 is 0 Å². The van der Waals surface area contributed by atoms with Crippen LogP contribution in [0.5, 0.6) is 51.7 Å². The summed E-state index contributed by atoms with van der Waals surface area (Å²) in [6, 6.07) is 11.9. The molecule has 5 amide bonds. The van der Waals surface area contributed by atoms with Gasteiger partial charge in [0.25, 0.3) is 10.0 Å². The van der Waals surface area contributed by atoms with Gasteiger partial charge in [0.1, 0.15) is 95.3 Å². The second-order valence-electron chi connectivity index (χ2n) is 31.7. The fourth-order valence-corrected chi connectivity index (χ4v) is 19.0. The molecular formula is C83H94Cl2N6O23S. The van der Waals surface area contributed by atoms with Gasteiger partial charge in [0, 0.05) is 55.3 Å². The number of carbonyl (C=O) groups is 8. The summed E-state index contributed by atoms with van der Waals surface area (Å²) in [5.41, 5.74) is 4.32. The number of sulfonamides is 1. The Kier molecular flexibility index (Phi) is 25.2. The quantitative estimate of drug-likeness (QED) is 0.0338. The van der Waals surface area contributed by atoms with E-state index in [-0.39, 0.29) is 91.4 Å². The molecule has 0 unspecified atom stereocenters. The van der Waals surface area contributed by atoms with Crippen molar-refractivity contribution in [3.63, 3.8) is 0 Å². The number of aliphatic hydroxyl groups is 5. The number of Topliss-reactive ketones (excluding diaryl/α,β-unsaturated/α-hetero) is 3. The average Bonchev–Trinajstić information content (AvgIpc) is 0.757. The smallest absolute Gasteiger partial charge is 0.264 e. The zero-order chi connectivity index (χ0) is 82.3. The zero-order valence-corrected chi connectivity index (χ0v) is 65.7. The molecule has 32 heteroatoms. The Morgan fingerprint density at radius 1 is 0.661 bits per heavy atom. The molecule has 6 heterocycles. The molecule has 614 valence electrons. The average molecular weight is 1650 g/mol. The molecule has 16 rings (SSSR count). The van der Waals surface area contributed by atoms with Crippen molar-refractivity contribution in [1.29, 1.82) is 0 Å². The van der Waals surface area contributed by atoms with Crippen LogP contribution in [0.1, 0.15) is 169 Å².